The van der Waals surface area contributed by atoms with Crippen LogP contribution in [0, 0.1) is 5.82 Å². The molecule has 118 valence electrons. The van der Waals surface area contributed by atoms with Gasteiger partial charge in [-0.15, -0.1) is 0 Å². The summed E-state index contributed by atoms with van der Waals surface area (Å²) in [7, 11) is -2.15. The molecule has 8 heteroatoms. The lowest BCUT2D eigenvalue weighted by atomic mass is 10.0. The lowest BCUT2D eigenvalue weighted by Gasteiger charge is -2.37. The van der Waals surface area contributed by atoms with Crippen molar-refractivity contribution in [3.8, 4) is 0 Å². The molecule has 0 aromatic heterocycles. The molecule has 2 rings (SSSR count). The fourth-order valence-corrected chi connectivity index (χ4v) is 4.43. The maximum absolute atomic E-state index is 13.6. The molecule has 0 bridgehead atoms. The van der Waals surface area contributed by atoms with Gasteiger partial charge in [-0.2, -0.15) is 4.31 Å². The third-order valence-electron chi connectivity index (χ3n) is 3.72. The van der Waals surface area contributed by atoms with Gasteiger partial charge in [0.15, 0.2) is 0 Å². The number of rotatable bonds is 4. The molecule has 2 atom stereocenters. The highest BCUT2D eigenvalue weighted by atomic mass is 79.9. The van der Waals surface area contributed by atoms with Crippen LogP contribution in [0.5, 0.6) is 0 Å². The van der Waals surface area contributed by atoms with E-state index in [1.54, 1.807) is 7.11 Å². The van der Waals surface area contributed by atoms with E-state index in [0.29, 0.717) is 19.4 Å². The molecular formula is C13H18BrFN2O3S. The summed E-state index contributed by atoms with van der Waals surface area (Å²) in [5.74, 6) is -0.604. The molecule has 5 nitrogen and oxygen atoms in total. The number of nitrogens with zero attached hydrogens (tertiary/aromatic N) is 1. The van der Waals surface area contributed by atoms with Crippen molar-refractivity contribution in [2.24, 2.45) is 5.73 Å². The van der Waals surface area contributed by atoms with Crippen molar-refractivity contribution in [2.75, 3.05) is 20.2 Å². The quantitative estimate of drug-likeness (QED) is 0.862. The van der Waals surface area contributed by atoms with Crippen LogP contribution in [0.2, 0.25) is 0 Å². The minimum absolute atomic E-state index is 0.00616. The number of sulfonamides is 1. The SMILES string of the molecule is COC1CCN(S(=O)(=O)c2ccc(Br)c(F)c2)C(CN)C1. The second-order valence-corrected chi connectivity index (χ2v) is 7.71. The number of hydrogen-bond acceptors (Lipinski definition) is 4. The lowest BCUT2D eigenvalue weighted by Crippen LogP contribution is -2.51. The van der Waals surface area contributed by atoms with Crippen molar-refractivity contribution in [1.82, 2.24) is 4.31 Å². The van der Waals surface area contributed by atoms with Gasteiger partial charge in [-0.05, 0) is 47.0 Å². The zero-order valence-corrected chi connectivity index (χ0v) is 14.0. The van der Waals surface area contributed by atoms with Gasteiger partial charge in [0, 0.05) is 26.2 Å². The standard InChI is InChI=1S/C13H18BrFN2O3S/c1-20-10-4-5-17(9(6-10)8-16)21(18,19)11-2-3-12(14)13(15)7-11/h2-3,7,9-10H,4-6,8,16H2,1H3. The van der Waals surface area contributed by atoms with Gasteiger partial charge in [0.25, 0.3) is 0 Å². The Labute approximate surface area is 132 Å². The van der Waals surface area contributed by atoms with E-state index in [9.17, 15) is 12.8 Å². The molecule has 0 saturated carbocycles. The van der Waals surface area contributed by atoms with E-state index in [1.165, 1.54) is 16.4 Å². The summed E-state index contributed by atoms with van der Waals surface area (Å²) in [5, 5.41) is 0. The topological polar surface area (TPSA) is 72.6 Å². The third kappa shape index (κ3) is 3.45. The third-order valence-corrected chi connectivity index (χ3v) is 6.31. The lowest BCUT2D eigenvalue weighted by molar-refractivity contribution is 0.0401. The first-order valence-corrected chi connectivity index (χ1v) is 8.83. The highest BCUT2D eigenvalue weighted by Crippen LogP contribution is 2.28. The van der Waals surface area contributed by atoms with Gasteiger partial charge in [0.05, 0.1) is 15.5 Å². The average molecular weight is 381 g/mol. The summed E-state index contributed by atoms with van der Waals surface area (Å²) >= 11 is 3.01. The van der Waals surface area contributed by atoms with Crippen molar-refractivity contribution in [3.63, 3.8) is 0 Å². The maximum Gasteiger partial charge on any atom is 0.243 e. The van der Waals surface area contributed by atoms with E-state index in [2.05, 4.69) is 15.9 Å². The van der Waals surface area contributed by atoms with E-state index in [4.69, 9.17) is 10.5 Å². The molecular weight excluding hydrogens is 363 g/mol. The number of benzene rings is 1. The Bertz CT molecular complexity index is 611. The number of ether oxygens (including phenoxy) is 1. The zero-order valence-electron chi connectivity index (χ0n) is 11.6. The minimum atomic E-state index is -3.76. The molecule has 1 aliphatic heterocycles. The summed E-state index contributed by atoms with van der Waals surface area (Å²) < 4.78 is 45.8. The fraction of sp³-hybridized carbons (Fsp3) is 0.538. The monoisotopic (exact) mass is 380 g/mol. The largest absolute Gasteiger partial charge is 0.381 e. The Balaban J connectivity index is 2.31. The smallest absolute Gasteiger partial charge is 0.243 e. The molecule has 21 heavy (non-hydrogen) atoms. The number of hydrogen-bond donors (Lipinski definition) is 1. The minimum Gasteiger partial charge on any atom is -0.381 e. The van der Waals surface area contributed by atoms with Crippen LogP contribution in [0.15, 0.2) is 27.6 Å². The van der Waals surface area contributed by atoms with Gasteiger partial charge in [-0.25, -0.2) is 12.8 Å². The van der Waals surface area contributed by atoms with Crippen LogP contribution in [0.4, 0.5) is 4.39 Å². The van der Waals surface area contributed by atoms with E-state index in [-0.39, 0.29) is 28.1 Å². The number of piperidine rings is 1. The van der Waals surface area contributed by atoms with Gasteiger partial charge in [-0.1, -0.05) is 0 Å². The predicted octanol–water partition coefficient (Wildman–Crippen LogP) is 1.72. The Kier molecular flexibility index (Phi) is 5.37. The molecule has 0 spiro atoms. The molecule has 1 fully saturated rings. The molecule has 1 saturated heterocycles. The van der Waals surface area contributed by atoms with Gasteiger partial charge < -0.3 is 10.5 Å². The zero-order chi connectivity index (χ0) is 15.6. The van der Waals surface area contributed by atoms with Gasteiger partial charge in [0.2, 0.25) is 10.0 Å². The summed E-state index contributed by atoms with van der Waals surface area (Å²) in [4.78, 5) is -0.0579. The Hall–Kier alpha value is -0.540. The molecule has 1 heterocycles. The van der Waals surface area contributed by atoms with Crippen molar-refractivity contribution in [1.29, 1.82) is 0 Å². The van der Waals surface area contributed by atoms with E-state index < -0.39 is 15.8 Å². The first-order chi connectivity index (χ1) is 9.90. The van der Waals surface area contributed by atoms with Crippen molar-refractivity contribution >= 4 is 26.0 Å². The van der Waals surface area contributed by atoms with E-state index in [0.717, 1.165) is 6.07 Å². The summed E-state index contributed by atoms with van der Waals surface area (Å²) in [6.07, 6.45) is 1.16. The van der Waals surface area contributed by atoms with Crippen molar-refractivity contribution in [3.05, 3.63) is 28.5 Å². The van der Waals surface area contributed by atoms with Crippen molar-refractivity contribution < 1.29 is 17.5 Å². The number of nitrogens with two attached hydrogens (primary N) is 1. The highest BCUT2D eigenvalue weighted by molar-refractivity contribution is 9.10. The molecule has 1 aromatic rings. The molecule has 0 amide bonds. The van der Waals surface area contributed by atoms with Crippen molar-refractivity contribution in [2.45, 2.75) is 29.9 Å². The van der Waals surface area contributed by atoms with E-state index >= 15 is 0 Å². The molecule has 2 N–H and O–H groups in total. The average Bonchev–Trinajstić information content (AvgIpc) is 2.49. The maximum atomic E-state index is 13.6. The van der Waals surface area contributed by atoms with E-state index in [1.807, 2.05) is 0 Å². The molecule has 1 aromatic carbocycles. The first-order valence-electron chi connectivity index (χ1n) is 6.60. The second kappa shape index (κ2) is 6.70. The second-order valence-electron chi connectivity index (χ2n) is 4.96. The Morgan fingerprint density at radius 2 is 2.24 bits per heavy atom. The normalized spacial score (nSPS) is 24.2. The van der Waals surface area contributed by atoms with Gasteiger partial charge in [-0.3, -0.25) is 0 Å². The molecule has 0 radical (unpaired) electrons. The Morgan fingerprint density at radius 1 is 1.52 bits per heavy atom. The molecule has 2 unspecified atom stereocenters. The van der Waals surface area contributed by atoms with Gasteiger partial charge >= 0.3 is 0 Å². The van der Waals surface area contributed by atoms with Crippen LogP contribution in [0.3, 0.4) is 0 Å². The van der Waals surface area contributed by atoms with Crippen LogP contribution in [0.1, 0.15) is 12.8 Å². The molecule has 1 aliphatic rings. The number of methoxy groups -OCH3 is 1. The van der Waals surface area contributed by atoms with Crippen LogP contribution in [-0.4, -0.2) is 45.1 Å². The van der Waals surface area contributed by atoms with Crippen LogP contribution >= 0.6 is 15.9 Å². The van der Waals surface area contributed by atoms with Crippen LogP contribution in [-0.2, 0) is 14.8 Å². The summed E-state index contributed by atoms with van der Waals surface area (Å²) in [6.45, 7) is 0.526. The number of halogens is 2. The van der Waals surface area contributed by atoms with Crippen LogP contribution < -0.4 is 5.73 Å². The van der Waals surface area contributed by atoms with Gasteiger partial charge in [0.1, 0.15) is 5.82 Å². The summed E-state index contributed by atoms with van der Waals surface area (Å²) in [6, 6.07) is 3.47. The predicted molar refractivity (Wildman–Crippen MR) is 80.9 cm³/mol. The highest BCUT2D eigenvalue weighted by Gasteiger charge is 2.36. The molecule has 0 aliphatic carbocycles. The fourth-order valence-electron chi connectivity index (χ4n) is 2.51. The first kappa shape index (κ1) is 16.8. The Morgan fingerprint density at radius 3 is 2.81 bits per heavy atom. The van der Waals surface area contributed by atoms with Crippen LogP contribution in [0.25, 0.3) is 0 Å². The summed E-state index contributed by atoms with van der Waals surface area (Å²) in [5.41, 5.74) is 5.70.